The number of nitrogens with one attached hydrogen (secondary N) is 1. The molecule has 1 saturated heterocycles. The summed E-state index contributed by atoms with van der Waals surface area (Å²) in [6.07, 6.45) is -3.41. The lowest BCUT2D eigenvalue weighted by atomic mass is 10.1. The second-order valence-electron chi connectivity index (χ2n) is 10.2. The summed E-state index contributed by atoms with van der Waals surface area (Å²) < 4.78 is 81.0. The first-order chi connectivity index (χ1) is 19.0. The van der Waals surface area contributed by atoms with Crippen LogP contribution in [0.15, 0.2) is 42.6 Å². The SMILES string of the molecule is CC1CN(c2ncccc2C(F)(F)F)CCN1c1nc(CNC2CCCC2)nc(-c2cccc(C(F)(F)F)c2)n1. The molecule has 0 amide bonds. The van der Waals surface area contributed by atoms with Gasteiger partial charge in [-0.15, -0.1) is 0 Å². The van der Waals surface area contributed by atoms with Gasteiger partial charge in [-0.1, -0.05) is 25.0 Å². The summed E-state index contributed by atoms with van der Waals surface area (Å²) in [5, 5.41) is 3.43. The van der Waals surface area contributed by atoms with Crippen molar-refractivity contribution >= 4 is 11.8 Å². The molecule has 1 N–H and O–H groups in total. The minimum atomic E-state index is -4.54. The molecule has 214 valence electrons. The van der Waals surface area contributed by atoms with Crippen LogP contribution in [0.2, 0.25) is 0 Å². The van der Waals surface area contributed by atoms with Gasteiger partial charge in [-0.2, -0.15) is 36.3 Å². The Morgan fingerprint density at radius 1 is 0.925 bits per heavy atom. The maximum Gasteiger partial charge on any atom is 0.419 e. The Balaban J connectivity index is 1.44. The summed E-state index contributed by atoms with van der Waals surface area (Å²) in [4.78, 5) is 21.1. The minimum Gasteiger partial charge on any atom is -0.352 e. The van der Waals surface area contributed by atoms with Crippen LogP contribution in [0.3, 0.4) is 0 Å². The lowest BCUT2D eigenvalue weighted by Gasteiger charge is -2.41. The molecule has 0 radical (unpaired) electrons. The Kier molecular flexibility index (Phi) is 7.85. The van der Waals surface area contributed by atoms with E-state index in [9.17, 15) is 26.3 Å². The van der Waals surface area contributed by atoms with Crippen molar-refractivity contribution in [2.24, 2.45) is 0 Å². The van der Waals surface area contributed by atoms with Gasteiger partial charge in [-0.25, -0.2) is 9.97 Å². The number of hydrogen-bond acceptors (Lipinski definition) is 7. The largest absolute Gasteiger partial charge is 0.419 e. The fraction of sp³-hybridized carbons (Fsp3) is 0.481. The van der Waals surface area contributed by atoms with Crippen LogP contribution in [0, 0.1) is 0 Å². The zero-order valence-electron chi connectivity index (χ0n) is 21.8. The summed E-state index contributed by atoms with van der Waals surface area (Å²) >= 11 is 0. The molecular formula is C27H29F6N7. The standard InChI is InChI=1S/C27H29F6N7/c1-17-16-39(24-21(27(31,32)33)10-5-11-34-24)12-13-40(17)25-37-22(15-35-20-8-2-3-9-20)36-23(38-25)18-6-4-7-19(14-18)26(28,29)30/h4-7,10-11,14,17,20,35H,2-3,8-9,12-13,15-16H2,1H3. The van der Waals surface area contributed by atoms with Crippen molar-refractivity contribution in [2.75, 3.05) is 29.4 Å². The fourth-order valence-corrected chi connectivity index (χ4v) is 5.26. The highest BCUT2D eigenvalue weighted by molar-refractivity contribution is 5.58. The molecule has 1 aliphatic carbocycles. The van der Waals surface area contributed by atoms with Gasteiger partial charge in [0, 0.05) is 43.5 Å². The van der Waals surface area contributed by atoms with Crippen LogP contribution in [0.25, 0.3) is 11.4 Å². The summed E-state index contributed by atoms with van der Waals surface area (Å²) in [6.45, 7) is 2.90. The monoisotopic (exact) mass is 565 g/mol. The molecule has 1 aliphatic heterocycles. The number of nitrogens with zero attached hydrogens (tertiary/aromatic N) is 6. The molecule has 13 heteroatoms. The number of benzene rings is 1. The van der Waals surface area contributed by atoms with Crippen molar-refractivity contribution in [3.63, 3.8) is 0 Å². The van der Waals surface area contributed by atoms with Gasteiger partial charge in [-0.05, 0) is 44.0 Å². The van der Waals surface area contributed by atoms with E-state index in [4.69, 9.17) is 0 Å². The van der Waals surface area contributed by atoms with Crippen LogP contribution < -0.4 is 15.1 Å². The number of aromatic nitrogens is 4. The van der Waals surface area contributed by atoms with Gasteiger partial charge < -0.3 is 15.1 Å². The summed E-state index contributed by atoms with van der Waals surface area (Å²) in [5.74, 6) is 0.638. The highest BCUT2D eigenvalue weighted by atomic mass is 19.4. The van der Waals surface area contributed by atoms with Gasteiger partial charge >= 0.3 is 12.4 Å². The predicted molar refractivity (Wildman–Crippen MR) is 138 cm³/mol. The van der Waals surface area contributed by atoms with Crippen LogP contribution in [0.4, 0.5) is 38.1 Å². The molecule has 1 atom stereocenters. The lowest BCUT2D eigenvalue weighted by Crippen LogP contribution is -2.53. The van der Waals surface area contributed by atoms with E-state index in [2.05, 4.69) is 25.3 Å². The third-order valence-electron chi connectivity index (χ3n) is 7.30. The van der Waals surface area contributed by atoms with E-state index < -0.39 is 23.5 Å². The van der Waals surface area contributed by atoms with Crippen molar-refractivity contribution in [1.29, 1.82) is 0 Å². The molecule has 1 saturated carbocycles. The number of piperazine rings is 1. The van der Waals surface area contributed by atoms with Crippen LogP contribution in [-0.4, -0.2) is 51.7 Å². The van der Waals surface area contributed by atoms with E-state index in [1.807, 2.05) is 11.8 Å². The first kappa shape index (κ1) is 28.1. The predicted octanol–water partition coefficient (Wildman–Crippen LogP) is 5.72. The summed E-state index contributed by atoms with van der Waals surface area (Å²) in [6, 6.07) is 7.10. The Hall–Kier alpha value is -3.48. The maximum absolute atomic E-state index is 13.6. The number of pyridine rings is 1. The van der Waals surface area contributed by atoms with E-state index in [1.165, 1.54) is 24.4 Å². The molecule has 0 spiro atoms. The molecule has 0 bridgehead atoms. The molecule has 1 unspecified atom stereocenters. The lowest BCUT2D eigenvalue weighted by molar-refractivity contribution is -0.138. The average molecular weight is 566 g/mol. The van der Waals surface area contributed by atoms with Crippen LogP contribution >= 0.6 is 0 Å². The number of rotatable bonds is 6. The molecule has 1 aromatic carbocycles. The summed E-state index contributed by atoms with van der Waals surface area (Å²) in [5.41, 5.74) is -1.41. The molecule has 3 heterocycles. The summed E-state index contributed by atoms with van der Waals surface area (Å²) in [7, 11) is 0. The molecule has 7 nitrogen and oxygen atoms in total. The Bertz CT molecular complexity index is 1320. The first-order valence-electron chi connectivity index (χ1n) is 13.2. The third-order valence-corrected chi connectivity index (χ3v) is 7.30. The smallest absolute Gasteiger partial charge is 0.352 e. The molecule has 2 fully saturated rings. The number of anilines is 2. The Morgan fingerprint density at radius 3 is 2.40 bits per heavy atom. The van der Waals surface area contributed by atoms with Crippen molar-refractivity contribution < 1.29 is 26.3 Å². The van der Waals surface area contributed by atoms with Gasteiger partial charge in [0.25, 0.3) is 0 Å². The number of hydrogen-bond donors (Lipinski definition) is 1. The number of halogens is 6. The van der Waals surface area contributed by atoms with Crippen molar-refractivity contribution in [3.8, 4) is 11.4 Å². The van der Waals surface area contributed by atoms with E-state index in [-0.39, 0.29) is 48.8 Å². The third kappa shape index (κ3) is 6.29. The van der Waals surface area contributed by atoms with Crippen molar-refractivity contribution in [3.05, 3.63) is 59.5 Å². The van der Waals surface area contributed by atoms with Crippen LogP contribution in [0.1, 0.15) is 49.6 Å². The Morgan fingerprint density at radius 2 is 1.70 bits per heavy atom. The molecule has 2 aliphatic rings. The first-order valence-corrected chi connectivity index (χ1v) is 13.2. The topological polar surface area (TPSA) is 70.1 Å². The molecule has 3 aromatic rings. The fourth-order valence-electron chi connectivity index (χ4n) is 5.26. The second kappa shape index (κ2) is 11.2. The van der Waals surface area contributed by atoms with E-state index in [1.54, 1.807) is 4.90 Å². The second-order valence-corrected chi connectivity index (χ2v) is 10.2. The molecule has 40 heavy (non-hydrogen) atoms. The van der Waals surface area contributed by atoms with E-state index >= 15 is 0 Å². The zero-order valence-corrected chi connectivity index (χ0v) is 21.8. The maximum atomic E-state index is 13.6. The van der Waals surface area contributed by atoms with Crippen LogP contribution in [-0.2, 0) is 18.9 Å². The Labute approximate surface area is 227 Å². The average Bonchev–Trinajstić information content (AvgIpc) is 3.45. The van der Waals surface area contributed by atoms with Gasteiger partial charge in [0.2, 0.25) is 5.95 Å². The van der Waals surface area contributed by atoms with Crippen molar-refractivity contribution in [2.45, 2.75) is 63.6 Å². The van der Waals surface area contributed by atoms with Crippen LogP contribution in [0.5, 0.6) is 0 Å². The highest BCUT2D eigenvalue weighted by Crippen LogP contribution is 2.36. The van der Waals surface area contributed by atoms with Gasteiger partial charge in [0.15, 0.2) is 5.82 Å². The normalized spacial score (nSPS) is 18.9. The van der Waals surface area contributed by atoms with Crippen molar-refractivity contribution in [1.82, 2.24) is 25.3 Å². The minimum absolute atomic E-state index is 0.109. The number of alkyl halides is 6. The molecular weight excluding hydrogens is 536 g/mol. The zero-order chi connectivity index (χ0) is 28.5. The van der Waals surface area contributed by atoms with E-state index in [0.29, 0.717) is 18.4 Å². The van der Waals surface area contributed by atoms with Gasteiger partial charge in [0.1, 0.15) is 11.6 Å². The quantitative estimate of drug-likeness (QED) is 0.384. The van der Waals surface area contributed by atoms with Gasteiger partial charge in [0.05, 0.1) is 17.7 Å². The molecule has 2 aromatic heterocycles. The van der Waals surface area contributed by atoms with Gasteiger partial charge in [-0.3, -0.25) is 0 Å². The highest BCUT2D eigenvalue weighted by Gasteiger charge is 2.37. The van der Waals surface area contributed by atoms with E-state index in [0.717, 1.165) is 43.9 Å². The molecule has 5 rings (SSSR count).